The Morgan fingerprint density at radius 3 is 2.42 bits per heavy atom. The van der Waals surface area contributed by atoms with Crippen molar-refractivity contribution >= 4 is 11.8 Å². The second-order valence-electron chi connectivity index (χ2n) is 8.44. The van der Waals surface area contributed by atoms with Crippen LogP contribution in [-0.4, -0.2) is 59.4 Å². The van der Waals surface area contributed by atoms with Crippen LogP contribution in [0.5, 0.6) is 0 Å². The van der Waals surface area contributed by atoms with Gasteiger partial charge in [0.25, 0.3) is 0 Å². The Bertz CT molecular complexity index is 442. The minimum atomic E-state index is -0.233. The summed E-state index contributed by atoms with van der Waals surface area (Å²) in [5, 5.41) is 2.98. The Morgan fingerprint density at radius 2 is 1.75 bits per heavy atom. The van der Waals surface area contributed by atoms with Crippen molar-refractivity contribution < 1.29 is 9.59 Å². The number of nitrogens with zero attached hydrogens (tertiary/aromatic N) is 2. The number of likely N-dealkylation sites (tertiary alicyclic amines) is 1. The molecule has 2 aliphatic rings. The lowest BCUT2D eigenvalue weighted by atomic mass is 9.78. The van der Waals surface area contributed by atoms with Crippen LogP contribution in [0.15, 0.2) is 0 Å². The van der Waals surface area contributed by atoms with E-state index in [4.69, 9.17) is 0 Å². The monoisotopic (exact) mass is 337 g/mol. The maximum Gasteiger partial charge on any atom is 0.237 e. The zero-order valence-electron chi connectivity index (χ0n) is 15.9. The van der Waals surface area contributed by atoms with Crippen LogP contribution in [0.25, 0.3) is 0 Å². The van der Waals surface area contributed by atoms with Gasteiger partial charge in [-0.1, -0.05) is 19.8 Å². The van der Waals surface area contributed by atoms with E-state index in [2.05, 4.69) is 10.2 Å². The van der Waals surface area contributed by atoms with Crippen LogP contribution in [0.3, 0.4) is 0 Å². The number of hydrogen-bond donors (Lipinski definition) is 1. The van der Waals surface area contributed by atoms with Crippen molar-refractivity contribution in [2.75, 3.05) is 26.2 Å². The lowest BCUT2D eigenvalue weighted by molar-refractivity contribution is -0.139. The largest absolute Gasteiger partial charge is 0.350 e. The smallest absolute Gasteiger partial charge is 0.237 e. The van der Waals surface area contributed by atoms with Gasteiger partial charge in [-0.05, 0) is 58.9 Å². The van der Waals surface area contributed by atoms with Crippen LogP contribution in [-0.2, 0) is 9.59 Å². The maximum absolute atomic E-state index is 12.8. The van der Waals surface area contributed by atoms with Crippen molar-refractivity contribution in [2.45, 2.75) is 77.8 Å². The molecule has 1 saturated carbocycles. The molecule has 5 nitrogen and oxygen atoms in total. The quantitative estimate of drug-likeness (QED) is 0.838. The van der Waals surface area contributed by atoms with E-state index in [0.29, 0.717) is 31.6 Å². The number of hydrogen-bond acceptors (Lipinski definition) is 3. The van der Waals surface area contributed by atoms with Crippen LogP contribution >= 0.6 is 0 Å². The molecular weight excluding hydrogens is 302 g/mol. The van der Waals surface area contributed by atoms with E-state index in [1.165, 1.54) is 25.7 Å². The summed E-state index contributed by atoms with van der Waals surface area (Å²) in [7, 11) is 0. The third-order valence-corrected chi connectivity index (χ3v) is 5.25. The number of carbonyl (C=O) groups is 2. The van der Waals surface area contributed by atoms with Crippen LogP contribution in [0.2, 0.25) is 0 Å². The summed E-state index contributed by atoms with van der Waals surface area (Å²) < 4.78 is 0. The highest BCUT2D eigenvalue weighted by Gasteiger charge is 2.35. The first-order chi connectivity index (χ1) is 11.3. The molecule has 0 aromatic heterocycles. The topological polar surface area (TPSA) is 52.7 Å². The molecule has 0 aromatic rings. The number of amides is 2. The van der Waals surface area contributed by atoms with Gasteiger partial charge in [-0.25, -0.2) is 0 Å². The molecule has 5 heteroatoms. The fraction of sp³-hybridized carbons (Fsp3) is 0.895. The van der Waals surface area contributed by atoms with Crippen molar-refractivity contribution in [3.63, 3.8) is 0 Å². The summed E-state index contributed by atoms with van der Waals surface area (Å²) in [4.78, 5) is 29.1. The highest BCUT2D eigenvalue weighted by Crippen LogP contribution is 2.35. The fourth-order valence-electron chi connectivity index (χ4n) is 4.16. The van der Waals surface area contributed by atoms with Crippen LogP contribution in [0, 0.1) is 5.92 Å². The third-order valence-electron chi connectivity index (χ3n) is 5.25. The number of likely N-dealkylation sites (N-methyl/N-ethyl adjacent to an activating group) is 1. The Kier molecular flexibility index (Phi) is 6.67. The van der Waals surface area contributed by atoms with Gasteiger partial charge in [0.2, 0.25) is 11.8 Å². The molecule has 2 amide bonds. The van der Waals surface area contributed by atoms with Gasteiger partial charge in [0.15, 0.2) is 0 Å². The zero-order chi connectivity index (χ0) is 17.7. The molecule has 2 atom stereocenters. The molecule has 138 valence electrons. The van der Waals surface area contributed by atoms with E-state index in [1.807, 2.05) is 32.6 Å². The molecular formula is C19H35N3O2. The molecule has 2 rings (SSSR count). The van der Waals surface area contributed by atoms with Gasteiger partial charge in [0.1, 0.15) is 0 Å². The molecule has 1 aliphatic heterocycles. The molecule has 1 heterocycles. The van der Waals surface area contributed by atoms with E-state index >= 15 is 0 Å². The van der Waals surface area contributed by atoms with Crippen molar-refractivity contribution in [3.05, 3.63) is 0 Å². The summed E-state index contributed by atoms with van der Waals surface area (Å²) >= 11 is 0. The van der Waals surface area contributed by atoms with E-state index in [0.717, 1.165) is 19.4 Å². The van der Waals surface area contributed by atoms with Crippen molar-refractivity contribution in [2.24, 2.45) is 5.92 Å². The predicted molar refractivity (Wildman–Crippen MR) is 96.7 cm³/mol. The van der Waals surface area contributed by atoms with Crippen molar-refractivity contribution in [1.82, 2.24) is 15.1 Å². The summed E-state index contributed by atoms with van der Waals surface area (Å²) in [6, 6.07) is 0.446. The molecule has 0 radical (unpaired) electrons. The summed E-state index contributed by atoms with van der Waals surface area (Å²) in [6.07, 6.45) is 7.41. The van der Waals surface area contributed by atoms with E-state index in [-0.39, 0.29) is 17.4 Å². The first-order valence-corrected chi connectivity index (χ1v) is 9.63. The summed E-state index contributed by atoms with van der Waals surface area (Å²) in [5.74, 6) is 0.902. The predicted octanol–water partition coefficient (Wildman–Crippen LogP) is 2.40. The van der Waals surface area contributed by atoms with Crippen molar-refractivity contribution in [3.8, 4) is 0 Å². The molecule has 2 unspecified atom stereocenters. The first kappa shape index (κ1) is 19.2. The fourth-order valence-corrected chi connectivity index (χ4v) is 4.16. The van der Waals surface area contributed by atoms with Gasteiger partial charge in [0.05, 0.1) is 13.1 Å². The van der Waals surface area contributed by atoms with Gasteiger partial charge in [-0.15, -0.1) is 0 Å². The van der Waals surface area contributed by atoms with Gasteiger partial charge < -0.3 is 10.2 Å². The Morgan fingerprint density at radius 1 is 1.08 bits per heavy atom. The number of nitrogens with one attached hydrogen (secondary N) is 1. The second-order valence-corrected chi connectivity index (χ2v) is 8.44. The van der Waals surface area contributed by atoms with Crippen molar-refractivity contribution in [1.29, 1.82) is 0 Å². The maximum atomic E-state index is 12.8. The Balaban J connectivity index is 1.89. The van der Waals surface area contributed by atoms with Gasteiger partial charge in [-0.2, -0.15) is 0 Å². The highest BCUT2D eigenvalue weighted by molar-refractivity contribution is 5.81. The average Bonchev–Trinajstić information content (AvgIpc) is 2.51. The van der Waals surface area contributed by atoms with Crippen LogP contribution < -0.4 is 5.32 Å². The SMILES string of the molecule is CCN(CC(=O)NC(C)(C)C)CC(=O)N1CCCC2CCCCC21. The van der Waals surface area contributed by atoms with Gasteiger partial charge in [0, 0.05) is 18.1 Å². The van der Waals surface area contributed by atoms with E-state index in [1.54, 1.807) is 0 Å². The molecule has 2 fully saturated rings. The molecule has 1 aliphatic carbocycles. The Labute approximate surface area is 147 Å². The number of rotatable bonds is 5. The number of fused-ring (bicyclic) bond motifs is 1. The highest BCUT2D eigenvalue weighted by atomic mass is 16.2. The number of carbonyl (C=O) groups excluding carboxylic acids is 2. The average molecular weight is 338 g/mol. The normalized spacial score (nSPS) is 24.6. The van der Waals surface area contributed by atoms with Crippen LogP contribution in [0.1, 0.15) is 66.2 Å². The molecule has 1 N–H and O–H groups in total. The molecule has 0 bridgehead atoms. The van der Waals surface area contributed by atoms with Crippen LogP contribution in [0.4, 0.5) is 0 Å². The standard InChI is InChI=1S/C19H35N3O2/c1-5-21(13-17(23)20-19(2,3)4)14-18(24)22-12-8-10-15-9-6-7-11-16(15)22/h15-16H,5-14H2,1-4H3,(H,20,23). The summed E-state index contributed by atoms with van der Waals surface area (Å²) in [6.45, 7) is 10.2. The minimum Gasteiger partial charge on any atom is -0.350 e. The number of piperidine rings is 1. The lowest BCUT2D eigenvalue weighted by Crippen LogP contribution is -2.53. The second kappa shape index (κ2) is 8.32. The third kappa shape index (κ3) is 5.47. The molecule has 24 heavy (non-hydrogen) atoms. The van der Waals surface area contributed by atoms with E-state index < -0.39 is 0 Å². The lowest BCUT2D eigenvalue weighted by Gasteiger charge is -2.44. The Hall–Kier alpha value is -1.10. The van der Waals surface area contributed by atoms with E-state index in [9.17, 15) is 9.59 Å². The molecule has 1 saturated heterocycles. The van der Waals surface area contributed by atoms with Gasteiger partial charge >= 0.3 is 0 Å². The van der Waals surface area contributed by atoms with Gasteiger partial charge in [-0.3, -0.25) is 14.5 Å². The molecule has 0 spiro atoms. The zero-order valence-corrected chi connectivity index (χ0v) is 15.9. The molecule has 0 aromatic carbocycles. The minimum absolute atomic E-state index is 0.00802. The first-order valence-electron chi connectivity index (χ1n) is 9.63. The summed E-state index contributed by atoms with van der Waals surface area (Å²) in [5.41, 5.74) is -0.233.